The molecule has 2 heterocycles. The minimum absolute atomic E-state index is 0.0851. The molecular weight excluding hydrogens is 366 g/mol. The quantitative estimate of drug-likeness (QED) is 0.710. The molecule has 154 valence electrons. The van der Waals surface area contributed by atoms with Gasteiger partial charge in [0.1, 0.15) is 0 Å². The van der Waals surface area contributed by atoms with Crippen molar-refractivity contribution >= 4 is 17.9 Å². The number of hydrogen-bond acceptors (Lipinski definition) is 4. The largest absolute Gasteiger partial charge is 0.354 e. The zero-order valence-corrected chi connectivity index (χ0v) is 17.1. The summed E-state index contributed by atoms with van der Waals surface area (Å²) in [4.78, 5) is 26.8. The van der Waals surface area contributed by atoms with E-state index in [1.807, 2.05) is 67.1 Å². The number of nitrogens with zero attached hydrogens (tertiary/aromatic N) is 3. The first-order valence-electron chi connectivity index (χ1n) is 10.0. The zero-order chi connectivity index (χ0) is 20.6. The highest BCUT2D eigenvalue weighted by Crippen LogP contribution is 2.10. The molecular formula is C22H29N5O2. The number of rotatable bonds is 8. The highest BCUT2D eigenvalue weighted by molar-refractivity contribution is 5.88. The molecule has 0 saturated carbocycles. The van der Waals surface area contributed by atoms with Gasteiger partial charge in [-0.15, -0.1) is 0 Å². The Bertz CT molecular complexity index is 859. The zero-order valence-electron chi connectivity index (χ0n) is 17.1. The molecule has 0 aliphatic carbocycles. The van der Waals surface area contributed by atoms with Crippen LogP contribution in [0, 0.1) is 13.8 Å². The van der Waals surface area contributed by atoms with Gasteiger partial charge in [-0.3, -0.25) is 19.2 Å². The smallest absolute Gasteiger partial charge is 0.237 e. The number of amides is 2. The number of piperazine rings is 1. The number of carbonyl (C=O) groups excluding carboxylic acids is 2. The molecule has 1 aliphatic heterocycles. The van der Waals surface area contributed by atoms with Crippen LogP contribution in [0.25, 0.3) is 6.08 Å². The summed E-state index contributed by atoms with van der Waals surface area (Å²) in [6.45, 7) is 7.02. The highest BCUT2D eigenvalue weighted by atomic mass is 16.2. The molecule has 7 heteroatoms. The van der Waals surface area contributed by atoms with Crippen LogP contribution in [0.2, 0.25) is 0 Å². The molecule has 2 aromatic rings. The maximum Gasteiger partial charge on any atom is 0.237 e. The van der Waals surface area contributed by atoms with Gasteiger partial charge < -0.3 is 10.6 Å². The molecule has 2 amide bonds. The Balaban J connectivity index is 1.50. The van der Waals surface area contributed by atoms with Crippen LogP contribution in [0.15, 0.2) is 42.5 Å². The summed E-state index contributed by atoms with van der Waals surface area (Å²) in [7, 11) is 0. The number of aryl methyl sites for hydroxylation is 2. The van der Waals surface area contributed by atoms with Crippen LogP contribution in [0.3, 0.4) is 0 Å². The molecule has 1 fully saturated rings. The van der Waals surface area contributed by atoms with Gasteiger partial charge in [-0.2, -0.15) is 5.10 Å². The number of aromatic nitrogens is 2. The standard InChI is InChI=1S/C22H29N5O2/c1-17-15-18(2)27(25-17)14-11-23-21(28)16-20-22(29)24-10-13-26(20)12-6-9-19-7-4-3-5-8-19/h3-9,15,20H,10-14,16H2,1-2H3,(H,23,28)(H,24,29)/b9-6+. The van der Waals surface area contributed by atoms with Crippen molar-refractivity contribution in [2.45, 2.75) is 32.9 Å². The van der Waals surface area contributed by atoms with Crippen LogP contribution in [0.5, 0.6) is 0 Å². The van der Waals surface area contributed by atoms with Crippen LogP contribution in [-0.4, -0.2) is 58.7 Å². The summed E-state index contributed by atoms with van der Waals surface area (Å²) in [6.07, 6.45) is 4.24. The third-order valence-electron chi connectivity index (χ3n) is 5.02. The molecule has 1 aliphatic rings. The van der Waals surface area contributed by atoms with E-state index >= 15 is 0 Å². The molecule has 2 N–H and O–H groups in total. The van der Waals surface area contributed by atoms with Crippen LogP contribution >= 0.6 is 0 Å². The van der Waals surface area contributed by atoms with E-state index in [0.29, 0.717) is 26.2 Å². The van der Waals surface area contributed by atoms with E-state index in [9.17, 15) is 9.59 Å². The summed E-state index contributed by atoms with van der Waals surface area (Å²) >= 11 is 0. The van der Waals surface area contributed by atoms with Crippen LogP contribution in [-0.2, 0) is 16.1 Å². The van der Waals surface area contributed by atoms with Gasteiger partial charge in [0, 0.05) is 31.9 Å². The molecule has 1 aromatic heterocycles. The highest BCUT2D eigenvalue weighted by Gasteiger charge is 2.30. The average molecular weight is 396 g/mol. The molecule has 0 spiro atoms. The van der Waals surface area contributed by atoms with Gasteiger partial charge in [0.2, 0.25) is 11.8 Å². The Morgan fingerprint density at radius 2 is 2.10 bits per heavy atom. The van der Waals surface area contributed by atoms with Crippen molar-refractivity contribution in [3.8, 4) is 0 Å². The van der Waals surface area contributed by atoms with E-state index in [1.165, 1.54) is 0 Å². The Kier molecular flexibility index (Phi) is 7.19. The topological polar surface area (TPSA) is 79.3 Å². The first kappa shape index (κ1) is 20.8. The Labute approximate surface area is 171 Å². The SMILES string of the molecule is Cc1cc(C)n(CCNC(=O)CC2C(=O)NCCN2C/C=C/c2ccccc2)n1. The van der Waals surface area contributed by atoms with Gasteiger partial charge in [0.25, 0.3) is 0 Å². The van der Waals surface area contributed by atoms with Crippen LogP contribution < -0.4 is 10.6 Å². The Hall–Kier alpha value is -2.93. The molecule has 3 rings (SSSR count). The minimum Gasteiger partial charge on any atom is -0.354 e. The van der Waals surface area contributed by atoms with E-state index in [2.05, 4.69) is 20.6 Å². The van der Waals surface area contributed by atoms with Crippen molar-refractivity contribution in [2.24, 2.45) is 0 Å². The predicted octanol–water partition coefficient (Wildman–Crippen LogP) is 1.52. The lowest BCUT2D eigenvalue weighted by Gasteiger charge is -2.33. The fourth-order valence-electron chi connectivity index (χ4n) is 3.54. The van der Waals surface area contributed by atoms with Crippen molar-refractivity contribution in [1.82, 2.24) is 25.3 Å². The number of hydrogen-bond donors (Lipinski definition) is 2. The molecule has 1 unspecified atom stereocenters. The summed E-state index contributed by atoms with van der Waals surface area (Å²) in [5.41, 5.74) is 3.15. The Morgan fingerprint density at radius 3 is 2.83 bits per heavy atom. The van der Waals surface area contributed by atoms with Crippen molar-refractivity contribution in [1.29, 1.82) is 0 Å². The van der Waals surface area contributed by atoms with Crippen LogP contribution in [0.4, 0.5) is 0 Å². The second-order valence-corrected chi connectivity index (χ2v) is 7.32. The Morgan fingerprint density at radius 1 is 1.31 bits per heavy atom. The van der Waals surface area contributed by atoms with E-state index in [1.54, 1.807) is 0 Å². The number of benzene rings is 1. The maximum atomic E-state index is 12.4. The molecule has 7 nitrogen and oxygen atoms in total. The summed E-state index contributed by atoms with van der Waals surface area (Å²) < 4.78 is 1.88. The number of nitrogens with one attached hydrogen (secondary N) is 2. The molecule has 1 atom stereocenters. The van der Waals surface area contributed by atoms with Gasteiger partial charge in [0.05, 0.1) is 24.7 Å². The van der Waals surface area contributed by atoms with Crippen molar-refractivity contribution in [2.75, 3.05) is 26.2 Å². The molecule has 29 heavy (non-hydrogen) atoms. The second kappa shape index (κ2) is 10.0. The summed E-state index contributed by atoms with van der Waals surface area (Å²) in [5.74, 6) is -0.205. The lowest BCUT2D eigenvalue weighted by molar-refractivity contribution is -0.133. The molecule has 0 radical (unpaired) electrons. The summed E-state index contributed by atoms with van der Waals surface area (Å²) in [6, 6.07) is 11.6. The average Bonchev–Trinajstić information content (AvgIpc) is 3.02. The van der Waals surface area contributed by atoms with Gasteiger partial charge in [-0.25, -0.2) is 0 Å². The van der Waals surface area contributed by atoms with E-state index in [-0.39, 0.29) is 18.2 Å². The first-order valence-corrected chi connectivity index (χ1v) is 10.0. The van der Waals surface area contributed by atoms with Crippen LogP contribution in [0.1, 0.15) is 23.4 Å². The van der Waals surface area contributed by atoms with E-state index in [4.69, 9.17) is 0 Å². The van der Waals surface area contributed by atoms with Gasteiger partial charge in [-0.05, 0) is 25.5 Å². The third kappa shape index (κ3) is 6.02. The fourth-order valence-corrected chi connectivity index (χ4v) is 3.54. The second-order valence-electron chi connectivity index (χ2n) is 7.32. The monoisotopic (exact) mass is 395 g/mol. The maximum absolute atomic E-state index is 12.4. The fraction of sp³-hybridized carbons (Fsp3) is 0.409. The van der Waals surface area contributed by atoms with Crippen molar-refractivity contribution in [3.05, 3.63) is 59.4 Å². The first-order chi connectivity index (χ1) is 14.0. The van der Waals surface area contributed by atoms with Crippen molar-refractivity contribution in [3.63, 3.8) is 0 Å². The van der Waals surface area contributed by atoms with E-state index < -0.39 is 6.04 Å². The minimum atomic E-state index is -0.446. The molecule has 0 bridgehead atoms. The molecule has 1 aromatic carbocycles. The third-order valence-corrected chi connectivity index (χ3v) is 5.02. The predicted molar refractivity (Wildman–Crippen MR) is 113 cm³/mol. The number of carbonyl (C=O) groups is 2. The normalized spacial score (nSPS) is 17.4. The molecule has 1 saturated heterocycles. The van der Waals surface area contributed by atoms with Crippen molar-refractivity contribution < 1.29 is 9.59 Å². The van der Waals surface area contributed by atoms with Gasteiger partial charge >= 0.3 is 0 Å². The van der Waals surface area contributed by atoms with E-state index in [0.717, 1.165) is 23.5 Å². The lowest BCUT2D eigenvalue weighted by Crippen LogP contribution is -2.56. The van der Waals surface area contributed by atoms with Gasteiger partial charge in [-0.1, -0.05) is 42.5 Å². The summed E-state index contributed by atoms with van der Waals surface area (Å²) in [5, 5.41) is 10.2. The van der Waals surface area contributed by atoms with Gasteiger partial charge in [0.15, 0.2) is 0 Å². The lowest BCUT2D eigenvalue weighted by atomic mass is 10.1.